The highest BCUT2D eigenvalue weighted by molar-refractivity contribution is 6.30. The van der Waals surface area contributed by atoms with Gasteiger partial charge in [-0.05, 0) is 49.9 Å². The van der Waals surface area contributed by atoms with Crippen molar-refractivity contribution >= 4 is 11.6 Å². The van der Waals surface area contributed by atoms with E-state index >= 15 is 0 Å². The minimum absolute atomic E-state index is 0.0850. The maximum atomic E-state index is 10.1. The molecule has 2 nitrogen and oxygen atoms in total. The van der Waals surface area contributed by atoms with Gasteiger partial charge in [-0.15, -0.1) is 0 Å². The molecule has 1 aliphatic carbocycles. The molecule has 0 heterocycles. The van der Waals surface area contributed by atoms with Crippen LogP contribution in [0.4, 0.5) is 0 Å². The Bertz CT molecular complexity index is 334. The second-order valence-corrected chi connectivity index (χ2v) is 5.07. The number of aliphatic hydroxyl groups is 1. The lowest BCUT2D eigenvalue weighted by Gasteiger charge is -2.20. The Labute approximate surface area is 102 Å². The van der Waals surface area contributed by atoms with E-state index in [-0.39, 0.29) is 6.04 Å². The lowest BCUT2D eigenvalue weighted by atomic mass is 10.0. The Morgan fingerprint density at radius 3 is 2.56 bits per heavy atom. The van der Waals surface area contributed by atoms with Gasteiger partial charge in [0, 0.05) is 11.1 Å². The second kappa shape index (κ2) is 5.17. The zero-order valence-electron chi connectivity index (χ0n) is 9.49. The first-order valence-electron chi connectivity index (χ1n) is 5.83. The summed E-state index contributed by atoms with van der Waals surface area (Å²) in [5, 5.41) is 14.2. The summed E-state index contributed by atoms with van der Waals surface area (Å²) in [5.74, 6) is 0.833. The fourth-order valence-corrected chi connectivity index (χ4v) is 1.86. The summed E-state index contributed by atoms with van der Waals surface area (Å²) in [7, 11) is 0. The van der Waals surface area contributed by atoms with Gasteiger partial charge in [-0.1, -0.05) is 23.7 Å². The van der Waals surface area contributed by atoms with Crippen molar-refractivity contribution in [2.24, 2.45) is 5.92 Å². The quantitative estimate of drug-likeness (QED) is 0.828. The van der Waals surface area contributed by atoms with Crippen molar-refractivity contribution in [3.63, 3.8) is 0 Å². The molecule has 1 aromatic carbocycles. The average molecular weight is 240 g/mol. The van der Waals surface area contributed by atoms with Gasteiger partial charge in [0.25, 0.3) is 0 Å². The molecule has 2 rings (SSSR count). The molecule has 0 spiro atoms. The highest BCUT2D eigenvalue weighted by Crippen LogP contribution is 2.28. The molecule has 1 aromatic rings. The average Bonchev–Trinajstić information content (AvgIpc) is 3.10. The van der Waals surface area contributed by atoms with Crippen LogP contribution < -0.4 is 5.32 Å². The van der Waals surface area contributed by atoms with Crippen molar-refractivity contribution in [1.29, 1.82) is 0 Å². The van der Waals surface area contributed by atoms with Gasteiger partial charge in [-0.2, -0.15) is 0 Å². The molecule has 0 aliphatic heterocycles. The van der Waals surface area contributed by atoms with Crippen LogP contribution in [-0.2, 0) is 0 Å². The standard InChI is InChI=1S/C13H18ClNO/c1-9(15-8-10-2-3-10)13(16)11-4-6-12(14)7-5-11/h4-7,9-10,13,15-16H,2-3,8H2,1H3. The molecule has 1 aliphatic rings. The van der Waals surface area contributed by atoms with Gasteiger partial charge in [0.05, 0.1) is 6.10 Å². The van der Waals surface area contributed by atoms with Crippen molar-refractivity contribution in [2.75, 3.05) is 6.54 Å². The van der Waals surface area contributed by atoms with Crippen molar-refractivity contribution in [3.8, 4) is 0 Å². The molecule has 2 atom stereocenters. The first-order chi connectivity index (χ1) is 7.66. The number of hydrogen-bond donors (Lipinski definition) is 2. The Balaban J connectivity index is 1.88. The van der Waals surface area contributed by atoms with E-state index in [2.05, 4.69) is 5.32 Å². The molecule has 0 saturated heterocycles. The predicted molar refractivity (Wildman–Crippen MR) is 66.6 cm³/mol. The Hall–Kier alpha value is -0.570. The van der Waals surface area contributed by atoms with E-state index in [4.69, 9.17) is 11.6 Å². The van der Waals surface area contributed by atoms with E-state index < -0.39 is 6.10 Å². The van der Waals surface area contributed by atoms with Crippen LogP contribution in [0.25, 0.3) is 0 Å². The molecule has 1 saturated carbocycles. The third-order valence-corrected chi connectivity index (χ3v) is 3.36. The number of aliphatic hydroxyl groups excluding tert-OH is 1. The van der Waals surface area contributed by atoms with Crippen LogP contribution in [0.3, 0.4) is 0 Å². The van der Waals surface area contributed by atoms with E-state index in [0.717, 1.165) is 18.0 Å². The number of nitrogens with one attached hydrogen (secondary N) is 1. The highest BCUT2D eigenvalue weighted by atomic mass is 35.5. The summed E-state index contributed by atoms with van der Waals surface area (Å²) in [5.41, 5.74) is 0.917. The summed E-state index contributed by atoms with van der Waals surface area (Å²) < 4.78 is 0. The zero-order chi connectivity index (χ0) is 11.5. The fourth-order valence-electron chi connectivity index (χ4n) is 1.73. The van der Waals surface area contributed by atoms with E-state index in [0.29, 0.717) is 5.02 Å². The van der Waals surface area contributed by atoms with E-state index in [1.165, 1.54) is 12.8 Å². The maximum absolute atomic E-state index is 10.1. The molecule has 0 amide bonds. The summed E-state index contributed by atoms with van der Waals surface area (Å²) in [6.07, 6.45) is 2.20. The van der Waals surface area contributed by atoms with Crippen LogP contribution in [-0.4, -0.2) is 17.7 Å². The molecule has 0 bridgehead atoms. The molecule has 1 fully saturated rings. The van der Waals surface area contributed by atoms with Crippen LogP contribution in [0.2, 0.25) is 5.02 Å². The number of hydrogen-bond acceptors (Lipinski definition) is 2. The Kier molecular flexibility index (Phi) is 3.85. The predicted octanol–water partition coefficient (Wildman–Crippen LogP) is 2.76. The monoisotopic (exact) mass is 239 g/mol. The highest BCUT2D eigenvalue weighted by Gasteiger charge is 2.23. The van der Waals surface area contributed by atoms with E-state index in [1.54, 1.807) is 0 Å². The molecule has 16 heavy (non-hydrogen) atoms. The van der Waals surface area contributed by atoms with Gasteiger partial charge >= 0.3 is 0 Å². The third-order valence-electron chi connectivity index (χ3n) is 3.11. The molecule has 88 valence electrons. The third kappa shape index (κ3) is 3.21. The maximum Gasteiger partial charge on any atom is 0.0940 e. The van der Waals surface area contributed by atoms with Gasteiger partial charge in [-0.25, -0.2) is 0 Å². The van der Waals surface area contributed by atoms with Crippen LogP contribution >= 0.6 is 11.6 Å². The first-order valence-corrected chi connectivity index (χ1v) is 6.21. The lowest BCUT2D eigenvalue weighted by molar-refractivity contribution is 0.135. The Morgan fingerprint density at radius 1 is 1.38 bits per heavy atom. The smallest absolute Gasteiger partial charge is 0.0940 e. The van der Waals surface area contributed by atoms with Crippen LogP contribution in [0, 0.1) is 5.92 Å². The number of benzene rings is 1. The van der Waals surface area contributed by atoms with Crippen LogP contribution in [0.1, 0.15) is 31.4 Å². The second-order valence-electron chi connectivity index (χ2n) is 4.64. The van der Waals surface area contributed by atoms with Gasteiger partial charge in [0.15, 0.2) is 0 Å². The molecule has 3 heteroatoms. The van der Waals surface area contributed by atoms with Gasteiger partial charge in [0.1, 0.15) is 0 Å². The van der Waals surface area contributed by atoms with E-state index in [9.17, 15) is 5.11 Å². The van der Waals surface area contributed by atoms with Gasteiger partial charge in [-0.3, -0.25) is 0 Å². The summed E-state index contributed by atoms with van der Waals surface area (Å²) in [4.78, 5) is 0. The topological polar surface area (TPSA) is 32.3 Å². The summed E-state index contributed by atoms with van der Waals surface area (Å²) >= 11 is 5.81. The first kappa shape index (κ1) is 11.9. The van der Waals surface area contributed by atoms with Crippen molar-refractivity contribution in [2.45, 2.75) is 31.9 Å². The van der Waals surface area contributed by atoms with Crippen molar-refractivity contribution < 1.29 is 5.11 Å². The minimum Gasteiger partial charge on any atom is -0.387 e. The SMILES string of the molecule is CC(NCC1CC1)C(O)c1ccc(Cl)cc1. The van der Waals surface area contributed by atoms with Crippen LogP contribution in [0.15, 0.2) is 24.3 Å². The normalized spacial score (nSPS) is 19.4. The minimum atomic E-state index is -0.462. The van der Waals surface area contributed by atoms with Crippen molar-refractivity contribution in [3.05, 3.63) is 34.9 Å². The molecular weight excluding hydrogens is 222 g/mol. The lowest BCUT2D eigenvalue weighted by Crippen LogP contribution is -2.33. The zero-order valence-corrected chi connectivity index (χ0v) is 10.2. The molecular formula is C13H18ClNO. The molecule has 0 radical (unpaired) electrons. The molecule has 0 aromatic heterocycles. The van der Waals surface area contributed by atoms with Crippen LogP contribution in [0.5, 0.6) is 0 Å². The summed E-state index contributed by atoms with van der Waals surface area (Å²) in [6.45, 7) is 3.04. The number of rotatable bonds is 5. The number of halogens is 1. The van der Waals surface area contributed by atoms with Crippen molar-refractivity contribution in [1.82, 2.24) is 5.32 Å². The van der Waals surface area contributed by atoms with E-state index in [1.807, 2.05) is 31.2 Å². The summed E-state index contributed by atoms with van der Waals surface area (Å²) in [6, 6.07) is 7.47. The largest absolute Gasteiger partial charge is 0.387 e. The van der Waals surface area contributed by atoms with Gasteiger partial charge in [0.2, 0.25) is 0 Å². The molecule has 2 N–H and O–H groups in total. The molecule has 2 unspecified atom stereocenters. The Morgan fingerprint density at radius 2 is 2.00 bits per heavy atom. The van der Waals surface area contributed by atoms with Gasteiger partial charge < -0.3 is 10.4 Å². The fraction of sp³-hybridized carbons (Fsp3) is 0.538.